The summed E-state index contributed by atoms with van der Waals surface area (Å²) in [6, 6.07) is 13.0. The Morgan fingerprint density at radius 2 is 1.93 bits per heavy atom. The molecule has 1 N–H and O–H groups in total. The van der Waals surface area contributed by atoms with Crippen LogP contribution in [0.5, 0.6) is 11.5 Å². The van der Waals surface area contributed by atoms with Gasteiger partial charge >= 0.3 is 0 Å². The van der Waals surface area contributed by atoms with E-state index in [1.165, 1.54) is 0 Å². The van der Waals surface area contributed by atoms with Crippen LogP contribution in [0, 0.1) is 0 Å². The fourth-order valence-electron chi connectivity index (χ4n) is 2.52. The number of halogens is 1. The van der Waals surface area contributed by atoms with Crippen molar-refractivity contribution in [3.8, 4) is 22.8 Å². The summed E-state index contributed by atoms with van der Waals surface area (Å²) in [5.74, 6) is 2.23. The van der Waals surface area contributed by atoms with Gasteiger partial charge < -0.3 is 19.2 Å². The molecule has 0 aliphatic rings. The average molecular weight is 431 g/mol. The molecule has 0 aliphatic carbocycles. The van der Waals surface area contributed by atoms with Crippen LogP contribution in [-0.4, -0.2) is 25.1 Å². The molecule has 7 heteroatoms. The van der Waals surface area contributed by atoms with E-state index in [1.54, 1.807) is 38.6 Å². The van der Waals surface area contributed by atoms with Crippen LogP contribution in [0.2, 0.25) is 0 Å². The molecule has 6 nitrogen and oxygen atoms in total. The summed E-state index contributed by atoms with van der Waals surface area (Å²) in [6.07, 6.45) is 2.30. The van der Waals surface area contributed by atoms with Crippen molar-refractivity contribution in [3.63, 3.8) is 0 Å². The number of nitrogens with zero attached hydrogens (tertiary/aromatic N) is 1. The van der Waals surface area contributed by atoms with Gasteiger partial charge in [0.05, 0.1) is 26.1 Å². The largest absolute Gasteiger partial charge is 0.497 e. The van der Waals surface area contributed by atoms with Gasteiger partial charge in [-0.25, -0.2) is 4.98 Å². The van der Waals surface area contributed by atoms with Gasteiger partial charge in [-0.05, 0) is 24.3 Å². The summed E-state index contributed by atoms with van der Waals surface area (Å²) in [5.41, 5.74) is 1.49. The molecule has 1 aromatic heterocycles. The van der Waals surface area contributed by atoms with Crippen molar-refractivity contribution in [1.29, 1.82) is 0 Å². The molecule has 27 heavy (non-hydrogen) atoms. The minimum atomic E-state index is -0.162. The topological polar surface area (TPSA) is 73.6 Å². The molecule has 3 rings (SSSR count). The predicted octanol–water partition coefficient (Wildman–Crippen LogP) is 4.69. The fraction of sp³-hybridized carbons (Fsp3) is 0.200. The smallest absolute Gasteiger partial charge is 0.224 e. The van der Waals surface area contributed by atoms with E-state index in [0.29, 0.717) is 35.3 Å². The van der Waals surface area contributed by atoms with Gasteiger partial charge in [0.25, 0.3) is 0 Å². The van der Waals surface area contributed by atoms with E-state index < -0.39 is 0 Å². The molecule has 0 aliphatic heterocycles. The number of nitrogens with one attached hydrogen (secondary N) is 1. The molecule has 0 bridgehead atoms. The summed E-state index contributed by atoms with van der Waals surface area (Å²) in [5, 5.41) is 2.83. The van der Waals surface area contributed by atoms with Gasteiger partial charge in [-0.15, -0.1) is 0 Å². The second-order valence-electron chi connectivity index (χ2n) is 5.74. The van der Waals surface area contributed by atoms with E-state index in [0.717, 1.165) is 10.0 Å². The second-order valence-corrected chi connectivity index (χ2v) is 6.66. The Morgan fingerprint density at radius 1 is 1.15 bits per heavy atom. The van der Waals surface area contributed by atoms with E-state index in [2.05, 4.69) is 26.2 Å². The lowest BCUT2D eigenvalue weighted by molar-refractivity contribution is -0.116. The van der Waals surface area contributed by atoms with Crippen molar-refractivity contribution in [2.24, 2.45) is 0 Å². The molecule has 0 saturated heterocycles. The number of benzene rings is 2. The van der Waals surface area contributed by atoms with Gasteiger partial charge in [0.2, 0.25) is 5.91 Å². The van der Waals surface area contributed by atoms with Crippen molar-refractivity contribution in [3.05, 3.63) is 59.0 Å². The van der Waals surface area contributed by atoms with Gasteiger partial charge in [-0.1, -0.05) is 28.1 Å². The van der Waals surface area contributed by atoms with Crippen molar-refractivity contribution < 1.29 is 18.7 Å². The Labute approximate surface area is 165 Å². The third-order valence-electron chi connectivity index (χ3n) is 3.93. The number of carbonyl (C=O) groups is 1. The van der Waals surface area contributed by atoms with Gasteiger partial charge in [0.1, 0.15) is 11.5 Å². The van der Waals surface area contributed by atoms with E-state index in [1.807, 2.05) is 24.3 Å². The third-order valence-corrected chi connectivity index (χ3v) is 4.46. The Bertz CT molecular complexity index is 922. The molecule has 0 spiro atoms. The first-order valence-electron chi connectivity index (χ1n) is 8.31. The molecule has 1 heterocycles. The number of methoxy groups -OCH3 is 2. The first-order valence-corrected chi connectivity index (χ1v) is 9.11. The zero-order valence-electron chi connectivity index (χ0n) is 15.0. The quantitative estimate of drug-likeness (QED) is 0.588. The van der Waals surface area contributed by atoms with E-state index >= 15 is 0 Å². The van der Waals surface area contributed by atoms with Crippen LogP contribution in [0.3, 0.4) is 0 Å². The average Bonchev–Trinajstić information content (AvgIpc) is 3.16. The first kappa shape index (κ1) is 19.0. The fourth-order valence-corrected chi connectivity index (χ4v) is 2.78. The summed E-state index contributed by atoms with van der Waals surface area (Å²) in [7, 11) is 3.12. The number of carbonyl (C=O) groups excluding carboxylic acids is 1. The summed E-state index contributed by atoms with van der Waals surface area (Å²) in [4.78, 5) is 16.5. The number of hydrogen-bond donors (Lipinski definition) is 1. The van der Waals surface area contributed by atoms with E-state index in [4.69, 9.17) is 13.9 Å². The highest BCUT2D eigenvalue weighted by atomic mass is 79.9. The predicted molar refractivity (Wildman–Crippen MR) is 106 cm³/mol. The van der Waals surface area contributed by atoms with Crippen molar-refractivity contribution in [2.75, 3.05) is 19.5 Å². The summed E-state index contributed by atoms with van der Waals surface area (Å²) < 4.78 is 17.2. The van der Waals surface area contributed by atoms with Crippen LogP contribution in [0.15, 0.2) is 57.6 Å². The molecule has 140 valence electrons. The normalized spacial score (nSPS) is 10.5. The van der Waals surface area contributed by atoms with Crippen LogP contribution in [0.25, 0.3) is 11.3 Å². The number of aromatic nitrogens is 1. The van der Waals surface area contributed by atoms with E-state index in [9.17, 15) is 4.79 Å². The number of anilines is 1. The Kier molecular flexibility index (Phi) is 6.13. The minimum Gasteiger partial charge on any atom is -0.497 e. The Balaban J connectivity index is 1.61. The summed E-state index contributed by atoms with van der Waals surface area (Å²) in [6.45, 7) is 0. The number of amides is 1. The highest BCUT2D eigenvalue weighted by molar-refractivity contribution is 9.10. The highest BCUT2D eigenvalue weighted by Crippen LogP contribution is 2.29. The molecular formula is C20H19BrN2O4. The number of oxazole rings is 1. The van der Waals surface area contributed by atoms with Crippen LogP contribution >= 0.6 is 15.9 Å². The molecule has 0 fully saturated rings. The van der Waals surface area contributed by atoms with E-state index in [-0.39, 0.29) is 12.3 Å². The maximum absolute atomic E-state index is 12.3. The monoisotopic (exact) mass is 430 g/mol. The summed E-state index contributed by atoms with van der Waals surface area (Å²) >= 11 is 3.40. The number of ether oxygens (including phenoxy) is 2. The van der Waals surface area contributed by atoms with Crippen LogP contribution in [-0.2, 0) is 11.2 Å². The minimum absolute atomic E-state index is 0.162. The van der Waals surface area contributed by atoms with Crippen LogP contribution in [0.4, 0.5) is 5.69 Å². The standard InChI is InChI=1S/C20H19BrN2O4/c1-25-15-7-8-17(26-2)16(11-15)23-19(24)9-10-20-22-12-18(27-20)13-3-5-14(21)6-4-13/h3-8,11-12H,9-10H2,1-2H3,(H,23,24). The third kappa shape index (κ3) is 4.89. The van der Waals surface area contributed by atoms with Crippen LogP contribution in [0.1, 0.15) is 12.3 Å². The van der Waals surface area contributed by atoms with Gasteiger partial charge in [0.15, 0.2) is 11.7 Å². The molecule has 2 aromatic carbocycles. The molecule has 0 radical (unpaired) electrons. The van der Waals surface area contributed by atoms with Crippen molar-refractivity contribution in [2.45, 2.75) is 12.8 Å². The first-order chi connectivity index (χ1) is 13.1. The lowest BCUT2D eigenvalue weighted by Crippen LogP contribution is -2.13. The Morgan fingerprint density at radius 3 is 2.63 bits per heavy atom. The van der Waals surface area contributed by atoms with Crippen molar-refractivity contribution >= 4 is 27.5 Å². The maximum Gasteiger partial charge on any atom is 0.224 e. The second kappa shape index (κ2) is 8.73. The lowest BCUT2D eigenvalue weighted by Gasteiger charge is -2.11. The zero-order valence-corrected chi connectivity index (χ0v) is 16.6. The van der Waals surface area contributed by atoms with Crippen LogP contribution < -0.4 is 14.8 Å². The van der Waals surface area contributed by atoms with Gasteiger partial charge in [-0.2, -0.15) is 0 Å². The number of aryl methyl sites for hydroxylation is 1. The number of hydrogen-bond acceptors (Lipinski definition) is 5. The molecule has 0 atom stereocenters. The zero-order chi connectivity index (χ0) is 19.2. The SMILES string of the molecule is COc1ccc(OC)c(NC(=O)CCc2ncc(-c3ccc(Br)cc3)o2)c1. The number of rotatable bonds is 7. The maximum atomic E-state index is 12.3. The van der Waals surface area contributed by atoms with Gasteiger partial charge in [0, 0.05) is 28.9 Å². The molecular weight excluding hydrogens is 412 g/mol. The Hall–Kier alpha value is -2.80. The lowest BCUT2D eigenvalue weighted by atomic mass is 10.2. The molecule has 0 saturated carbocycles. The highest BCUT2D eigenvalue weighted by Gasteiger charge is 2.12. The molecule has 1 amide bonds. The van der Waals surface area contributed by atoms with Crippen molar-refractivity contribution in [1.82, 2.24) is 4.98 Å². The molecule has 0 unspecified atom stereocenters. The van der Waals surface area contributed by atoms with Gasteiger partial charge in [-0.3, -0.25) is 4.79 Å². The molecule has 3 aromatic rings.